The SMILES string of the molecule is Cc1c(Cl)cccc1NC(=O)c1cnn2c1N[C@H](c1cccs1)C[C@@H]2C(F)(F)F. The van der Waals surface area contributed by atoms with Crippen molar-refractivity contribution in [2.75, 3.05) is 10.6 Å². The summed E-state index contributed by atoms with van der Waals surface area (Å²) in [6, 6.07) is 6.22. The molecule has 10 heteroatoms. The van der Waals surface area contributed by atoms with Crippen LogP contribution in [0.1, 0.15) is 39.3 Å². The average molecular weight is 441 g/mol. The first-order valence-electron chi connectivity index (χ1n) is 8.76. The van der Waals surface area contributed by atoms with Crippen LogP contribution in [0.25, 0.3) is 0 Å². The summed E-state index contributed by atoms with van der Waals surface area (Å²) in [6.07, 6.45) is -3.53. The quantitative estimate of drug-likeness (QED) is 0.539. The first-order chi connectivity index (χ1) is 13.8. The number of amides is 1. The number of aromatic nitrogens is 2. The lowest BCUT2D eigenvalue weighted by atomic mass is 10.0. The van der Waals surface area contributed by atoms with Gasteiger partial charge >= 0.3 is 6.18 Å². The second-order valence-corrected chi connectivity index (χ2v) is 8.11. The van der Waals surface area contributed by atoms with Crippen molar-refractivity contribution in [3.05, 3.63) is 62.9 Å². The predicted octanol–water partition coefficient (Wildman–Crippen LogP) is 5.82. The lowest BCUT2D eigenvalue weighted by molar-refractivity contribution is -0.173. The molecule has 0 saturated carbocycles. The zero-order valence-electron chi connectivity index (χ0n) is 15.1. The molecule has 1 aliphatic heterocycles. The van der Waals surface area contributed by atoms with Gasteiger partial charge in [-0.15, -0.1) is 11.3 Å². The van der Waals surface area contributed by atoms with E-state index in [9.17, 15) is 18.0 Å². The number of carbonyl (C=O) groups is 1. The van der Waals surface area contributed by atoms with Crippen LogP contribution in [0.3, 0.4) is 0 Å². The highest BCUT2D eigenvalue weighted by Gasteiger charge is 2.47. The van der Waals surface area contributed by atoms with Crippen molar-refractivity contribution >= 4 is 40.4 Å². The van der Waals surface area contributed by atoms with E-state index in [4.69, 9.17) is 11.6 Å². The van der Waals surface area contributed by atoms with E-state index in [0.717, 1.165) is 15.8 Å². The average Bonchev–Trinajstić information content (AvgIpc) is 3.33. The molecule has 0 fully saturated rings. The topological polar surface area (TPSA) is 59.0 Å². The minimum atomic E-state index is -4.49. The van der Waals surface area contributed by atoms with Gasteiger partial charge in [0.15, 0.2) is 6.04 Å². The number of alkyl halides is 3. The number of anilines is 2. The highest BCUT2D eigenvalue weighted by atomic mass is 35.5. The Morgan fingerprint density at radius 2 is 2.14 bits per heavy atom. The zero-order valence-corrected chi connectivity index (χ0v) is 16.7. The minimum Gasteiger partial charge on any atom is -0.362 e. The maximum Gasteiger partial charge on any atom is 0.410 e. The molecule has 0 bridgehead atoms. The van der Waals surface area contributed by atoms with Crippen molar-refractivity contribution in [3.8, 4) is 0 Å². The van der Waals surface area contributed by atoms with Crippen LogP contribution < -0.4 is 10.6 Å². The van der Waals surface area contributed by atoms with Crippen molar-refractivity contribution in [2.24, 2.45) is 0 Å². The number of halogens is 4. The van der Waals surface area contributed by atoms with E-state index in [-0.39, 0.29) is 17.8 Å². The Kier molecular flexibility index (Phi) is 5.04. The molecule has 152 valence electrons. The molecule has 0 radical (unpaired) electrons. The lowest BCUT2D eigenvalue weighted by Crippen LogP contribution is -2.36. The van der Waals surface area contributed by atoms with Gasteiger partial charge in [0.1, 0.15) is 11.4 Å². The Bertz CT molecular complexity index is 1050. The number of hydrogen-bond donors (Lipinski definition) is 2. The Morgan fingerprint density at radius 1 is 1.34 bits per heavy atom. The van der Waals surface area contributed by atoms with Gasteiger partial charge in [-0.3, -0.25) is 4.79 Å². The summed E-state index contributed by atoms with van der Waals surface area (Å²) < 4.78 is 41.9. The number of carbonyl (C=O) groups excluding carboxylic acids is 1. The molecule has 4 rings (SSSR count). The normalized spacial score (nSPS) is 18.8. The van der Waals surface area contributed by atoms with Gasteiger partial charge in [0.2, 0.25) is 0 Å². The number of thiophene rings is 1. The molecule has 2 atom stereocenters. The molecule has 0 unspecified atom stereocenters. The van der Waals surface area contributed by atoms with Gasteiger partial charge in [0.25, 0.3) is 5.91 Å². The van der Waals surface area contributed by atoms with Crippen LogP contribution in [0.4, 0.5) is 24.7 Å². The zero-order chi connectivity index (χ0) is 20.8. The third-order valence-electron chi connectivity index (χ3n) is 4.89. The van der Waals surface area contributed by atoms with E-state index in [1.54, 1.807) is 42.6 Å². The Hall–Kier alpha value is -2.52. The van der Waals surface area contributed by atoms with Crippen molar-refractivity contribution in [3.63, 3.8) is 0 Å². The molecule has 0 saturated heterocycles. The molecule has 3 aromatic rings. The third kappa shape index (κ3) is 3.72. The van der Waals surface area contributed by atoms with Crippen molar-refractivity contribution in [1.29, 1.82) is 0 Å². The Morgan fingerprint density at radius 3 is 2.83 bits per heavy atom. The Balaban J connectivity index is 1.70. The maximum absolute atomic E-state index is 13.7. The second kappa shape index (κ2) is 7.38. The van der Waals surface area contributed by atoms with Crippen LogP contribution in [0.5, 0.6) is 0 Å². The largest absolute Gasteiger partial charge is 0.410 e. The first-order valence-corrected chi connectivity index (χ1v) is 10.0. The van der Waals surface area contributed by atoms with Gasteiger partial charge < -0.3 is 10.6 Å². The third-order valence-corrected chi connectivity index (χ3v) is 6.28. The Labute approximate surface area is 173 Å². The minimum absolute atomic E-state index is 0.0416. The molecule has 1 aliphatic rings. The summed E-state index contributed by atoms with van der Waals surface area (Å²) >= 11 is 7.44. The van der Waals surface area contributed by atoms with E-state index >= 15 is 0 Å². The number of rotatable bonds is 3. The molecule has 5 nitrogen and oxygen atoms in total. The smallest absolute Gasteiger partial charge is 0.362 e. The van der Waals surface area contributed by atoms with Gasteiger partial charge in [0.05, 0.1) is 12.2 Å². The fraction of sp³-hybridized carbons (Fsp3) is 0.263. The van der Waals surface area contributed by atoms with Gasteiger partial charge in [-0.1, -0.05) is 23.7 Å². The van der Waals surface area contributed by atoms with Crippen LogP contribution in [0.2, 0.25) is 5.02 Å². The number of nitrogens with zero attached hydrogens (tertiary/aromatic N) is 2. The second-order valence-electron chi connectivity index (χ2n) is 6.72. The molecule has 0 aliphatic carbocycles. The molecule has 2 N–H and O–H groups in total. The highest BCUT2D eigenvalue weighted by Crippen LogP contribution is 2.45. The summed E-state index contributed by atoms with van der Waals surface area (Å²) in [4.78, 5) is 13.6. The van der Waals surface area contributed by atoms with Gasteiger partial charge in [-0.2, -0.15) is 18.3 Å². The fourth-order valence-electron chi connectivity index (χ4n) is 3.34. The van der Waals surface area contributed by atoms with Crippen molar-refractivity contribution < 1.29 is 18.0 Å². The van der Waals surface area contributed by atoms with Crippen LogP contribution in [0, 0.1) is 6.92 Å². The van der Waals surface area contributed by atoms with Crippen molar-refractivity contribution in [1.82, 2.24) is 9.78 Å². The fourth-order valence-corrected chi connectivity index (χ4v) is 4.30. The number of fused-ring (bicyclic) bond motifs is 1. The van der Waals surface area contributed by atoms with Crippen LogP contribution in [-0.2, 0) is 0 Å². The molecule has 0 spiro atoms. The van der Waals surface area contributed by atoms with Crippen LogP contribution in [0.15, 0.2) is 41.9 Å². The van der Waals surface area contributed by atoms with Crippen LogP contribution in [-0.4, -0.2) is 21.9 Å². The van der Waals surface area contributed by atoms with E-state index in [1.165, 1.54) is 11.3 Å². The van der Waals surface area contributed by atoms with E-state index in [1.807, 2.05) is 0 Å². The molecule has 1 amide bonds. The highest BCUT2D eigenvalue weighted by molar-refractivity contribution is 7.10. The first kappa shape index (κ1) is 19.8. The number of nitrogens with one attached hydrogen (secondary N) is 2. The number of hydrogen-bond acceptors (Lipinski definition) is 4. The molecule has 3 heterocycles. The van der Waals surface area contributed by atoms with E-state index < -0.39 is 24.2 Å². The lowest BCUT2D eigenvalue weighted by Gasteiger charge is -2.33. The van der Waals surface area contributed by atoms with E-state index in [2.05, 4.69) is 15.7 Å². The summed E-state index contributed by atoms with van der Waals surface area (Å²) in [7, 11) is 0. The number of benzene rings is 1. The molecule has 2 aromatic heterocycles. The monoisotopic (exact) mass is 440 g/mol. The van der Waals surface area contributed by atoms with Crippen LogP contribution >= 0.6 is 22.9 Å². The molecule has 29 heavy (non-hydrogen) atoms. The summed E-state index contributed by atoms with van der Waals surface area (Å²) in [5.74, 6) is -0.508. The molecule has 1 aromatic carbocycles. The predicted molar refractivity (Wildman–Crippen MR) is 107 cm³/mol. The summed E-state index contributed by atoms with van der Waals surface area (Å²) in [6.45, 7) is 1.75. The summed E-state index contributed by atoms with van der Waals surface area (Å²) in [5.41, 5.74) is 1.20. The maximum atomic E-state index is 13.7. The summed E-state index contributed by atoms with van der Waals surface area (Å²) in [5, 5.41) is 11.9. The van der Waals surface area contributed by atoms with Gasteiger partial charge in [0, 0.05) is 22.0 Å². The van der Waals surface area contributed by atoms with Gasteiger partial charge in [-0.05, 0) is 36.1 Å². The van der Waals surface area contributed by atoms with Gasteiger partial charge in [-0.25, -0.2) is 4.68 Å². The van der Waals surface area contributed by atoms with Crippen molar-refractivity contribution in [2.45, 2.75) is 31.6 Å². The standard InChI is InChI=1S/C19H16ClF3N4OS/c1-10-12(20)4-2-5-13(10)26-18(28)11-9-24-27-16(19(21,22)23)8-14(25-17(11)27)15-6-3-7-29-15/h2-7,9,14,16,25H,8H2,1H3,(H,26,28)/t14-,16+/m0/s1. The molecular formula is C19H16ClF3N4OS. The molecular weight excluding hydrogens is 425 g/mol. The van der Waals surface area contributed by atoms with E-state index in [0.29, 0.717) is 16.3 Å².